The van der Waals surface area contributed by atoms with Crippen molar-refractivity contribution in [1.29, 1.82) is 0 Å². The van der Waals surface area contributed by atoms with Gasteiger partial charge in [-0.2, -0.15) is 0 Å². The van der Waals surface area contributed by atoms with Crippen LogP contribution in [-0.2, 0) is 11.3 Å². The van der Waals surface area contributed by atoms with E-state index in [1.165, 1.54) is 17.2 Å². The zero-order valence-corrected chi connectivity index (χ0v) is 21.5. The van der Waals surface area contributed by atoms with Gasteiger partial charge in [-0.05, 0) is 60.5 Å². The van der Waals surface area contributed by atoms with Gasteiger partial charge in [-0.15, -0.1) is 11.3 Å². The second kappa shape index (κ2) is 11.1. The Morgan fingerprint density at radius 3 is 2.62 bits per heavy atom. The monoisotopic (exact) mass is 518 g/mol. The van der Waals surface area contributed by atoms with Gasteiger partial charge in [0.05, 0.1) is 44.9 Å². The summed E-state index contributed by atoms with van der Waals surface area (Å²) in [5.41, 5.74) is 2.45. The van der Waals surface area contributed by atoms with Crippen molar-refractivity contribution in [3.63, 3.8) is 0 Å². The molecule has 0 bridgehead atoms. The van der Waals surface area contributed by atoms with Crippen LogP contribution in [0, 0.1) is 12.7 Å². The number of hydrogen-bond acceptors (Lipinski definition) is 7. The standard InChI is InChI=1S/C28H27FN4O3S/c1-19-15-20(7-9-25(19)35-2)26-10-8-21(37-26)18-33(24-6-4-3-5-22(24)29)28(34)23-16-31-27(17-30-23)32-11-13-36-14-12-32/h3-10,15-17H,11-14,18H2,1-2H3. The topological polar surface area (TPSA) is 67.8 Å². The van der Waals surface area contributed by atoms with Crippen molar-refractivity contribution in [2.24, 2.45) is 0 Å². The first-order valence-corrected chi connectivity index (χ1v) is 12.8. The fourth-order valence-corrected chi connectivity index (χ4v) is 5.26. The number of thiophene rings is 1. The number of amides is 1. The Labute approximate surface area is 219 Å². The summed E-state index contributed by atoms with van der Waals surface area (Å²) in [7, 11) is 1.65. The van der Waals surface area contributed by atoms with E-state index in [-0.39, 0.29) is 17.9 Å². The van der Waals surface area contributed by atoms with Gasteiger partial charge in [-0.3, -0.25) is 9.69 Å². The molecule has 0 aliphatic carbocycles. The van der Waals surface area contributed by atoms with E-state index in [1.54, 1.807) is 42.8 Å². The van der Waals surface area contributed by atoms with E-state index in [0.29, 0.717) is 19.0 Å². The van der Waals surface area contributed by atoms with E-state index in [4.69, 9.17) is 9.47 Å². The largest absolute Gasteiger partial charge is 0.496 e. The number of aryl methyl sites for hydroxylation is 1. The van der Waals surface area contributed by atoms with Crippen LogP contribution in [0.4, 0.5) is 15.9 Å². The molecule has 9 heteroatoms. The summed E-state index contributed by atoms with van der Waals surface area (Å²) < 4.78 is 25.6. The van der Waals surface area contributed by atoms with Gasteiger partial charge >= 0.3 is 0 Å². The molecule has 3 heterocycles. The second-order valence-corrected chi connectivity index (χ2v) is 9.82. The quantitative estimate of drug-likeness (QED) is 0.329. The van der Waals surface area contributed by atoms with Crippen molar-refractivity contribution >= 4 is 28.7 Å². The number of hydrogen-bond donors (Lipinski definition) is 0. The summed E-state index contributed by atoms with van der Waals surface area (Å²) in [6.07, 6.45) is 3.05. The molecule has 2 aromatic carbocycles. The van der Waals surface area contributed by atoms with Gasteiger partial charge in [0.25, 0.3) is 5.91 Å². The number of morpholine rings is 1. The molecule has 5 rings (SSSR count). The number of carbonyl (C=O) groups is 1. The first-order valence-electron chi connectivity index (χ1n) is 12.0. The number of carbonyl (C=O) groups excluding carboxylic acids is 1. The average Bonchev–Trinajstić information content (AvgIpc) is 3.41. The Morgan fingerprint density at radius 2 is 1.92 bits per heavy atom. The lowest BCUT2D eigenvalue weighted by molar-refractivity contribution is 0.0979. The van der Waals surface area contributed by atoms with Gasteiger partial charge in [-0.25, -0.2) is 14.4 Å². The van der Waals surface area contributed by atoms with Gasteiger partial charge in [0.1, 0.15) is 23.1 Å². The van der Waals surface area contributed by atoms with Crippen molar-refractivity contribution < 1.29 is 18.7 Å². The fourth-order valence-electron chi connectivity index (χ4n) is 4.27. The molecule has 0 unspecified atom stereocenters. The molecule has 0 N–H and O–H groups in total. The predicted octanol–water partition coefficient (Wildman–Crippen LogP) is 5.34. The van der Waals surface area contributed by atoms with Crippen molar-refractivity contribution in [3.8, 4) is 16.2 Å². The third-order valence-corrected chi connectivity index (χ3v) is 7.35. The molecular weight excluding hydrogens is 491 g/mol. The van der Waals surface area contributed by atoms with Crippen LogP contribution in [-0.4, -0.2) is 49.3 Å². The molecule has 1 aliphatic heterocycles. The molecule has 1 aliphatic rings. The van der Waals surface area contributed by atoms with Crippen LogP contribution in [0.5, 0.6) is 5.75 Å². The van der Waals surface area contributed by atoms with Gasteiger partial charge in [-0.1, -0.05) is 12.1 Å². The number of aromatic nitrogens is 2. The zero-order chi connectivity index (χ0) is 25.8. The maximum atomic E-state index is 14.9. The van der Waals surface area contributed by atoms with Gasteiger partial charge < -0.3 is 14.4 Å². The van der Waals surface area contributed by atoms with E-state index in [0.717, 1.165) is 39.7 Å². The summed E-state index contributed by atoms with van der Waals surface area (Å²) in [4.78, 5) is 27.9. The molecule has 2 aromatic heterocycles. The van der Waals surface area contributed by atoms with Crippen LogP contribution < -0.4 is 14.5 Å². The van der Waals surface area contributed by atoms with Crippen LogP contribution in [0.15, 0.2) is 67.0 Å². The van der Waals surface area contributed by atoms with E-state index in [9.17, 15) is 9.18 Å². The van der Waals surface area contributed by atoms with E-state index < -0.39 is 11.7 Å². The van der Waals surface area contributed by atoms with Crippen molar-refractivity contribution in [3.05, 3.63) is 88.9 Å². The van der Waals surface area contributed by atoms with Crippen molar-refractivity contribution in [2.75, 3.05) is 43.2 Å². The lowest BCUT2D eigenvalue weighted by Crippen LogP contribution is -2.37. The van der Waals surface area contributed by atoms with Crippen LogP contribution in [0.3, 0.4) is 0 Å². The minimum atomic E-state index is -0.476. The fraction of sp³-hybridized carbons (Fsp3) is 0.250. The molecule has 37 heavy (non-hydrogen) atoms. The molecule has 0 radical (unpaired) electrons. The number of halogens is 1. The second-order valence-electron chi connectivity index (χ2n) is 8.65. The molecule has 1 amide bonds. The third-order valence-electron chi connectivity index (χ3n) is 6.24. The summed E-state index contributed by atoms with van der Waals surface area (Å²) in [5, 5.41) is 0. The normalized spacial score (nSPS) is 13.4. The summed E-state index contributed by atoms with van der Waals surface area (Å²) in [5.74, 6) is 0.630. The van der Waals surface area contributed by atoms with Crippen LogP contribution in [0.25, 0.3) is 10.4 Å². The molecule has 0 spiro atoms. The first kappa shape index (κ1) is 24.9. The molecule has 7 nitrogen and oxygen atoms in total. The maximum Gasteiger partial charge on any atom is 0.278 e. The van der Waals surface area contributed by atoms with Crippen molar-refractivity contribution in [2.45, 2.75) is 13.5 Å². The van der Waals surface area contributed by atoms with E-state index >= 15 is 0 Å². The summed E-state index contributed by atoms with van der Waals surface area (Å²) in [6.45, 7) is 4.90. The number of benzene rings is 2. The summed E-state index contributed by atoms with van der Waals surface area (Å²) in [6, 6.07) is 16.3. The van der Waals surface area contributed by atoms with Crippen LogP contribution in [0.1, 0.15) is 20.9 Å². The van der Waals surface area contributed by atoms with Crippen LogP contribution >= 0.6 is 11.3 Å². The Hall–Kier alpha value is -3.82. The highest BCUT2D eigenvalue weighted by Gasteiger charge is 2.24. The highest BCUT2D eigenvalue weighted by Crippen LogP contribution is 2.33. The Bertz CT molecular complexity index is 1390. The minimum absolute atomic E-state index is 0.155. The molecule has 4 aromatic rings. The number of methoxy groups -OCH3 is 1. The van der Waals surface area contributed by atoms with Gasteiger partial charge in [0, 0.05) is 22.8 Å². The molecule has 0 saturated carbocycles. The highest BCUT2D eigenvalue weighted by atomic mass is 32.1. The number of ether oxygens (including phenoxy) is 2. The maximum absolute atomic E-state index is 14.9. The first-order chi connectivity index (χ1) is 18.0. The van der Waals surface area contributed by atoms with E-state index in [2.05, 4.69) is 20.9 Å². The van der Waals surface area contributed by atoms with Crippen LogP contribution in [0.2, 0.25) is 0 Å². The molecule has 0 atom stereocenters. The molecule has 1 fully saturated rings. The predicted molar refractivity (Wildman–Crippen MR) is 143 cm³/mol. The van der Waals surface area contributed by atoms with Gasteiger partial charge in [0.2, 0.25) is 0 Å². The Kier molecular flexibility index (Phi) is 7.43. The average molecular weight is 519 g/mol. The van der Waals surface area contributed by atoms with Crippen molar-refractivity contribution in [1.82, 2.24) is 9.97 Å². The number of para-hydroxylation sites is 1. The Balaban J connectivity index is 1.41. The minimum Gasteiger partial charge on any atom is -0.496 e. The third kappa shape index (κ3) is 5.47. The highest BCUT2D eigenvalue weighted by molar-refractivity contribution is 7.15. The molecule has 190 valence electrons. The number of nitrogens with zero attached hydrogens (tertiary/aromatic N) is 4. The molecular formula is C28H27FN4O3S. The molecule has 1 saturated heterocycles. The van der Waals surface area contributed by atoms with Gasteiger partial charge in [0.15, 0.2) is 0 Å². The lowest BCUT2D eigenvalue weighted by atomic mass is 10.1. The number of rotatable bonds is 7. The SMILES string of the molecule is COc1ccc(-c2ccc(CN(C(=O)c3cnc(N4CCOCC4)cn3)c3ccccc3F)s2)cc1C. The van der Waals surface area contributed by atoms with E-state index in [1.807, 2.05) is 31.2 Å². The number of anilines is 2. The smallest absolute Gasteiger partial charge is 0.278 e. The lowest BCUT2D eigenvalue weighted by Gasteiger charge is -2.27. The Morgan fingerprint density at radius 1 is 1.11 bits per heavy atom. The zero-order valence-electron chi connectivity index (χ0n) is 20.7. The summed E-state index contributed by atoms with van der Waals surface area (Å²) >= 11 is 1.56.